The fourth-order valence-electron chi connectivity index (χ4n) is 2.89. The van der Waals surface area contributed by atoms with Crippen molar-refractivity contribution in [2.24, 2.45) is 0 Å². The van der Waals surface area contributed by atoms with E-state index in [1.165, 1.54) is 23.3 Å². The number of ether oxygens (including phenoxy) is 1. The van der Waals surface area contributed by atoms with Gasteiger partial charge in [-0.3, -0.25) is 9.48 Å². The standard InChI is InChI=1S/C19H27N5O3S2/c1-8-24-9-13(12(4)22-24)11(3)20-19(28)21-16-14(18(26)27-7)10(2)15(29-16)17(25)23(5)6/h9,11H,8H2,1-7H3,(H2,20,21,28). The molecule has 0 spiro atoms. The van der Waals surface area contributed by atoms with E-state index in [1.54, 1.807) is 21.0 Å². The third-order valence-electron chi connectivity index (χ3n) is 4.49. The molecule has 1 atom stereocenters. The molecule has 2 rings (SSSR count). The van der Waals surface area contributed by atoms with Gasteiger partial charge in [-0.15, -0.1) is 11.3 Å². The number of nitrogens with one attached hydrogen (secondary N) is 2. The molecule has 1 unspecified atom stereocenters. The van der Waals surface area contributed by atoms with Crippen molar-refractivity contribution in [2.75, 3.05) is 26.5 Å². The van der Waals surface area contributed by atoms with Crippen molar-refractivity contribution in [1.82, 2.24) is 20.0 Å². The number of carbonyl (C=O) groups excluding carboxylic acids is 2. The number of anilines is 1. The van der Waals surface area contributed by atoms with Crippen molar-refractivity contribution in [3.63, 3.8) is 0 Å². The number of nitrogens with zero attached hydrogens (tertiary/aromatic N) is 3. The number of thiocarbonyl (C=S) groups is 1. The molecule has 0 saturated carbocycles. The van der Waals surface area contributed by atoms with E-state index in [0.29, 0.717) is 26.1 Å². The van der Waals surface area contributed by atoms with Crippen LogP contribution in [0, 0.1) is 13.8 Å². The molecule has 2 aromatic heterocycles. The van der Waals surface area contributed by atoms with E-state index in [-0.39, 0.29) is 11.9 Å². The molecule has 0 aliphatic carbocycles. The highest BCUT2D eigenvalue weighted by Crippen LogP contribution is 2.34. The molecular weight excluding hydrogens is 410 g/mol. The number of carbonyl (C=O) groups is 2. The first-order valence-electron chi connectivity index (χ1n) is 9.15. The quantitative estimate of drug-likeness (QED) is 0.530. The van der Waals surface area contributed by atoms with E-state index >= 15 is 0 Å². The van der Waals surface area contributed by atoms with Gasteiger partial charge >= 0.3 is 5.97 Å². The normalized spacial score (nSPS) is 11.7. The van der Waals surface area contributed by atoms with Gasteiger partial charge in [0.2, 0.25) is 0 Å². The predicted molar refractivity (Wildman–Crippen MR) is 119 cm³/mol. The Hall–Kier alpha value is -2.46. The summed E-state index contributed by atoms with van der Waals surface area (Å²) in [6, 6.07) is -0.0826. The van der Waals surface area contributed by atoms with Crippen LogP contribution in [0.4, 0.5) is 5.00 Å². The molecule has 0 saturated heterocycles. The van der Waals surface area contributed by atoms with Crippen molar-refractivity contribution >= 4 is 45.5 Å². The molecule has 8 nitrogen and oxygen atoms in total. The Morgan fingerprint density at radius 2 is 2.03 bits per heavy atom. The van der Waals surface area contributed by atoms with Crippen LogP contribution in [0.15, 0.2) is 6.20 Å². The third kappa shape index (κ3) is 4.94. The minimum Gasteiger partial charge on any atom is -0.465 e. The summed E-state index contributed by atoms with van der Waals surface area (Å²) in [6.07, 6.45) is 1.98. The summed E-state index contributed by atoms with van der Waals surface area (Å²) in [6.45, 7) is 8.48. The molecular formula is C19H27N5O3S2. The van der Waals surface area contributed by atoms with Crippen LogP contribution < -0.4 is 10.6 Å². The maximum Gasteiger partial charge on any atom is 0.341 e. The summed E-state index contributed by atoms with van der Waals surface area (Å²) in [7, 11) is 4.64. The molecule has 0 fully saturated rings. The van der Waals surface area contributed by atoms with Crippen molar-refractivity contribution in [3.05, 3.63) is 33.5 Å². The lowest BCUT2D eigenvalue weighted by Gasteiger charge is -2.16. The van der Waals surface area contributed by atoms with E-state index < -0.39 is 5.97 Å². The monoisotopic (exact) mass is 437 g/mol. The van der Waals surface area contributed by atoms with Crippen LogP contribution in [0.25, 0.3) is 0 Å². The van der Waals surface area contributed by atoms with Gasteiger partial charge in [0, 0.05) is 32.4 Å². The Balaban J connectivity index is 2.26. The zero-order chi connectivity index (χ0) is 21.9. The Bertz CT molecular complexity index is 933. The largest absolute Gasteiger partial charge is 0.465 e. The van der Waals surface area contributed by atoms with Gasteiger partial charge in [-0.1, -0.05) is 0 Å². The molecule has 0 aliphatic heterocycles. The first-order chi connectivity index (χ1) is 13.6. The first kappa shape index (κ1) is 22.8. The number of aromatic nitrogens is 2. The predicted octanol–water partition coefficient (Wildman–Crippen LogP) is 3.12. The van der Waals surface area contributed by atoms with Gasteiger partial charge < -0.3 is 20.3 Å². The van der Waals surface area contributed by atoms with Crippen molar-refractivity contribution < 1.29 is 14.3 Å². The number of methoxy groups -OCH3 is 1. The van der Waals surface area contributed by atoms with Crippen LogP contribution in [0.3, 0.4) is 0 Å². The van der Waals surface area contributed by atoms with E-state index in [1.807, 2.05) is 31.6 Å². The number of hydrogen-bond donors (Lipinski definition) is 2. The molecule has 1 amide bonds. The molecule has 0 bridgehead atoms. The second-order valence-electron chi connectivity index (χ2n) is 6.80. The molecule has 2 heterocycles. The van der Waals surface area contributed by atoms with Crippen LogP contribution in [0.5, 0.6) is 0 Å². The summed E-state index contributed by atoms with van der Waals surface area (Å²) in [5, 5.41) is 11.5. The summed E-state index contributed by atoms with van der Waals surface area (Å²) >= 11 is 6.63. The topological polar surface area (TPSA) is 88.5 Å². The number of hydrogen-bond acceptors (Lipinski definition) is 6. The summed E-state index contributed by atoms with van der Waals surface area (Å²) in [5.74, 6) is -0.699. The van der Waals surface area contributed by atoms with Gasteiger partial charge in [0.1, 0.15) is 5.00 Å². The number of esters is 1. The molecule has 2 N–H and O–H groups in total. The fraction of sp³-hybridized carbons (Fsp3) is 0.474. The number of rotatable bonds is 6. The maximum atomic E-state index is 12.5. The van der Waals surface area contributed by atoms with Gasteiger partial charge in [-0.25, -0.2) is 4.79 Å². The van der Waals surface area contributed by atoms with Crippen molar-refractivity contribution in [3.8, 4) is 0 Å². The average molecular weight is 438 g/mol. The minimum absolute atomic E-state index is 0.0826. The highest BCUT2D eigenvalue weighted by atomic mass is 32.1. The summed E-state index contributed by atoms with van der Waals surface area (Å²) in [5.41, 5.74) is 2.85. The van der Waals surface area contributed by atoms with Crippen LogP contribution in [-0.2, 0) is 11.3 Å². The maximum absolute atomic E-state index is 12.5. The number of thiophene rings is 1. The lowest BCUT2D eigenvalue weighted by molar-refractivity contribution is 0.0601. The highest BCUT2D eigenvalue weighted by molar-refractivity contribution is 7.80. The molecule has 29 heavy (non-hydrogen) atoms. The van der Waals surface area contributed by atoms with Gasteiger partial charge in [-0.2, -0.15) is 5.10 Å². The molecule has 10 heteroatoms. The third-order valence-corrected chi connectivity index (χ3v) is 5.90. The molecule has 0 aliphatic rings. The Morgan fingerprint density at radius 1 is 1.38 bits per heavy atom. The van der Waals surface area contributed by atoms with Crippen LogP contribution >= 0.6 is 23.6 Å². The zero-order valence-electron chi connectivity index (χ0n) is 17.7. The highest BCUT2D eigenvalue weighted by Gasteiger charge is 2.26. The Morgan fingerprint density at radius 3 is 2.55 bits per heavy atom. The van der Waals surface area contributed by atoms with Crippen molar-refractivity contribution in [1.29, 1.82) is 0 Å². The van der Waals surface area contributed by atoms with Gasteiger partial charge in [0.05, 0.1) is 29.3 Å². The summed E-state index contributed by atoms with van der Waals surface area (Å²) in [4.78, 5) is 26.7. The molecule has 0 radical (unpaired) electrons. The number of amides is 1. The molecule has 158 valence electrons. The lowest BCUT2D eigenvalue weighted by atomic mass is 10.1. The SMILES string of the molecule is CCn1cc(C(C)NC(=S)Nc2sc(C(=O)N(C)C)c(C)c2C(=O)OC)c(C)n1. The van der Waals surface area contributed by atoms with E-state index in [0.717, 1.165) is 17.8 Å². The average Bonchev–Trinajstić information content (AvgIpc) is 3.20. The van der Waals surface area contributed by atoms with Gasteiger partial charge in [-0.05, 0) is 45.5 Å². The number of aryl methyl sites for hydroxylation is 2. The smallest absolute Gasteiger partial charge is 0.341 e. The van der Waals surface area contributed by atoms with E-state index in [2.05, 4.69) is 15.7 Å². The minimum atomic E-state index is -0.519. The van der Waals surface area contributed by atoms with E-state index in [9.17, 15) is 9.59 Å². The van der Waals surface area contributed by atoms with Gasteiger partial charge in [0.15, 0.2) is 5.11 Å². The zero-order valence-corrected chi connectivity index (χ0v) is 19.4. The van der Waals surface area contributed by atoms with Crippen LogP contribution in [-0.4, -0.2) is 52.9 Å². The van der Waals surface area contributed by atoms with Crippen LogP contribution in [0.2, 0.25) is 0 Å². The second-order valence-corrected chi connectivity index (χ2v) is 8.23. The lowest BCUT2D eigenvalue weighted by Crippen LogP contribution is -2.31. The van der Waals surface area contributed by atoms with E-state index in [4.69, 9.17) is 17.0 Å². The Kier molecular flexibility index (Phi) is 7.37. The van der Waals surface area contributed by atoms with Crippen LogP contribution in [0.1, 0.15) is 56.7 Å². The first-order valence-corrected chi connectivity index (χ1v) is 10.4. The van der Waals surface area contributed by atoms with Crippen molar-refractivity contribution in [2.45, 2.75) is 40.3 Å². The summed E-state index contributed by atoms with van der Waals surface area (Å²) < 4.78 is 6.77. The molecule has 2 aromatic rings. The second kappa shape index (κ2) is 9.36. The fourth-order valence-corrected chi connectivity index (χ4v) is 4.45. The Labute approximate surface area is 180 Å². The van der Waals surface area contributed by atoms with Gasteiger partial charge in [0.25, 0.3) is 5.91 Å². The molecule has 0 aromatic carbocycles.